The summed E-state index contributed by atoms with van der Waals surface area (Å²) in [6.45, 7) is 0. The van der Waals surface area contributed by atoms with Crippen LogP contribution in [-0.4, -0.2) is 42.7 Å². The molecular formula is C23H27F2N7O2. The number of imidazole rings is 1. The normalized spacial score (nSPS) is 24.9. The number of aromatic nitrogens is 4. The van der Waals surface area contributed by atoms with Crippen LogP contribution in [0.25, 0.3) is 11.2 Å². The van der Waals surface area contributed by atoms with Crippen molar-refractivity contribution in [1.29, 1.82) is 0 Å². The zero-order valence-corrected chi connectivity index (χ0v) is 18.5. The highest BCUT2D eigenvalue weighted by atomic mass is 19.1. The highest BCUT2D eigenvalue weighted by Crippen LogP contribution is 2.37. The summed E-state index contributed by atoms with van der Waals surface area (Å²) in [5.74, 6) is -1.38. The van der Waals surface area contributed by atoms with E-state index in [-0.39, 0.29) is 35.5 Å². The topological polar surface area (TPSA) is 131 Å². The summed E-state index contributed by atoms with van der Waals surface area (Å²) < 4.78 is 30.6. The SMILES string of the molecule is NC(=O)C1CCC(n2c(Nc3c(F)cccc3F)nc3cnc(NC4CCC[C@H]4O)nc32)CC1. The van der Waals surface area contributed by atoms with E-state index in [1.807, 2.05) is 4.57 Å². The van der Waals surface area contributed by atoms with Crippen LogP contribution in [-0.2, 0) is 4.79 Å². The first-order valence-corrected chi connectivity index (χ1v) is 11.6. The third-order valence-corrected chi connectivity index (χ3v) is 6.89. The lowest BCUT2D eigenvalue weighted by molar-refractivity contribution is -0.122. The van der Waals surface area contributed by atoms with Crippen molar-refractivity contribution in [2.45, 2.75) is 63.1 Å². The summed E-state index contributed by atoms with van der Waals surface area (Å²) in [4.78, 5) is 25.2. The maximum atomic E-state index is 14.4. The maximum absolute atomic E-state index is 14.4. The highest BCUT2D eigenvalue weighted by Gasteiger charge is 2.30. The Balaban J connectivity index is 1.53. The van der Waals surface area contributed by atoms with Gasteiger partial charge in [-0.05, 0) is 57.1 Å². The molecule has 0 radical (unpaired) electrons. The average molecular weight is 472 g/mol. The van der Waals surface area contributed by atoms with Gasteiger partial charge in [0.25, 0.3) is 0 Å². The van der Waals surface area contributed by atoms with Crippen LogP contribution >= 0.6 is 0 Å². The van der Waals surface area contributed by atoms with Gasteiger partial charge in [0.2, 0.25) is 17.8 Å². The van der Waals surface area contributed by atoms with Crippen molar-refractivity contribution in [3.05, 3.63) is 36.0 Å². The third-order valence-electron chi connectivity index (χ3n) is 6.89. The van der Waals surface area contributed by atoms with Crippen LogP contribution in [0.1, 0.15) is 51.0 Å². The fourth-order valence-electron chi connectivity index (χ4n) is 5.02. The number of hydrogen-bond donors (Lipinski definition) is 4. The van der Waals surface area contributed by atoms with Gasteiger partial charge in [-0.15, -0.1) is 0 Å². The van der Waals surface area contributed by atoms with Crippen LogP contribution in [0.4, 0.5) is 26.4 Å². The molecule has 9 nitrogen and oxygen atoms in total. The molecule has 1 unspecified atom stereocenters. The fourth-order valence-corrected chi connectivity index (χ4v) is 5.02. The first-order chi connectivity index (χ1) is 16.4. The third kappa shape index (κ3) is 4.27. The van der Waals surface area contributed by atoms with E-state index < -0.39 is 17.7 Å². The number of aliphatic hydroxyl groups excluding tert-OH is 1. The zero-order chi connectivity index (χ0) is 23.8. The first-order valence-electron chi connectivity index (χ1n) is 11.6. The quantitative estimate of drug-likeness (QED) is 0.433. The molecule has 5 rings (SSSR count). The molecule has 2 saturated carbocycles. The molecule has 2 aromatic heterocycles. The highest BCUT2D eigenvalue weighted by molar-refractivity contribution is 5.78. The van der Waals surface area contributed by atoms with Gasteiger partial charge in [0.05, 0.1) is 18.3 Å². The molecule has 5 N–H and O–H groups in total. The van der Waals surface area contributed by atoms with Crippen LogP contribution in [0.3, 0.4) is 0 Å². The minimum absolute atomic E-state index is 0.0993. The molecule has 2 fully saturated rings. The number of amides is 1. The molecule has 11 heteroatoms. The van der Waals surface area contributed by atoms with Gasteiger partial charge in [0.15, 0.2) is 5.65 Å². The molecule has 3 aromatic rings. The number of anilines is 3. The number of fused-ring (bicyclic) bond motifs is 1. The Bertz CT molecular complexity index is 1190. The second-order valence-electron chi connectivity index (χ2n) is 9.09. The molecule has 2 atom stereocenters. The van der Waals surface area contributed by atoms with Gasteiger partial charge in [0, 0.05) is 12.0 Å². The zero-order valence-electron chi connectivity index (χ0n) is 18.5. The van der Waals surface area contributed by atoms with E-state index >= 15 is 0 Å². The van der Waals surface area contributed by atoms with E-state index in [0.717, 1.165) is 19.3 Å². The van der Waals surface area contributed by atoms with Gasteiger partial charge < -0.3 is 21.5 Å². The second-order valence-corrected chi connectivity index (χ2v) is 9.09. The summed E-state index contributed by atoms with van der Waals surface area (Å²) >= 11 is 0. The van der Waals surface area contributed by atoms with E-state index in [0.29, 0.717) is 42.8 Å². The summed E-state index contributed by atoms with van der Waals surface area (Å²) in [6.07, 6.45) is 6.06. The number of benzene rings is 1. The molecule has 34 heavy (non-hydrogen) atoms. The smallest absolute Gasteiger partial charge is 0.225 e. The van der Waals surface area contributed by atoms with Crippen molar-refractivity contribution in [3.8, 4) is 0 Å². The lowest BCUT2D eigenvalue weighted by atomic mass is 9.85. The van der Waals surface area contributed by atoms with Gasteiger partial charge in [-0.25, -0.2) is 18.7 Å². The van der Waals surface area contributed by atoms with Gasteiger partial charge in [0.1, 0.15) is 22.8 Å². The minimum atomic E-state index is -0.736. The summed E-state index contributed by atoms with van der Waals surface area (Å²) in [7, 11) is 0. The number of carbonyl (C=O) groups is 1. The molecule has 0 spiro atoms. The average Bonchev–Trinajstić information content (AvgIpc) is 3.39. The number of nitrogens with zero attached hydrogens (tertiary/aromatic N) is 4. The van der Waals surface area contributed by atoms with E-state index in [9.17, 15) is 18.7 Å². The van der Waals surface area contributed by atoms with E-state index in [1.165, 1.54) is 18.2 Å². The molecule has 1 aromatic carbocycles. The van der Waals surface area contributed by atoms with E-state index in [4.69, 9.17) is 5.73 Å². The Kier molecular flexibility index (Phi) is 6.03. The van der Waals surface area contributed by atoms with Crippen molar-refractivity contribution >= 4 is 34.7 Å². The minimum Gasteiger partial charge on any atom is -0.391 e. The van der Waals surface area contributed by atoms with E-state index in [2.05, 4.69) is 25.6 Å². The van der Waals surface area contributed by atoms with Crippen molar-refractivity contribution in [2.24, 2.45) is 11.7 Å². The number of hydrogen-bond acceptors (Lipinski definition) is 7. The Labute approximate surface area is 194 Å². The molecule has 0 aliphatic heterocycles. The molecule has 2 aliphatic carbocycles. The molecule has 0 bridgehead atoms. The van der Waals surface area contributed by atoms with Crippen molar-refractivity contribution < 1.29 is 18.7 Å². The largest absolute Gasteiger partial charge is 0.391 e. The molecular weight excluding hydrogens is 444 g/mol. The standard InChI is InChI=1S/C23H27F2N7O2/c24-14-3-1-4-15(25)19(14)30-23-29-17-11-27-22(28-16-5-2-6-18(16)33)31-21(17)32(23)13-9-7-12(8-10-13)20(26)34/h1,3-4,11-13,16,18,33H,2,5-10H2,(H2,26,34)(H,29,30)(H,27,28,31)/t12?,13?,16?,18-/m1/s1. The van der Waals surface area contributed by atoms with Gasteiger partial charge in [-0.1, -0.05) is 6.07 Å². The summed E-state index contributed by atoms with van der Waals surface area (Å²) in [5, 5.41) is 16.2. The van der Waals surface area contributed by atoms with Gasteiger partial charge in [-0.3, -0.25) is 9.36 Å². The second kappa shape index (κ2) is 9.13. The monoisotopic (exact) mass is 471 g/mol. The van der Waals surface area contributed by atoms with Crippen molar-refractivity contribution in [1.82, 2.24) is 19.5 Å². The van der Waals surface area contributed by atoms with Crippen LogP contribution in [0.2, 0.25) is 0 Å². The fraction of sp³-hybridized carbons (Fsp3) is 0.478. The molecule has 1 amide bonds. The molecule has 0 saturated heterocycles. The predicted octanol–water partition coefficient (Wildman–Crippen LogP) is 3.39. The van der Waals surface area contributed by atoms with E-state index in [1.54, 1.807) is 6.20 Å². The van der Waals surface area contributed by atoms with Crippen LogP contribution < -0.4 is 16.4 Å². The van der Waals surface area contributed by atoms with Crippen molar-refractivity contribution in [3.63, 3.8) is 0 Å². The first kappa shape index (κ1) is 22.5. The summed E-state index contributed by atoms with van der Waals surface area (Å²) in [6, 6.07) is 3.41. The van der Waals surface area contributed by atoms with Crippen LogP contribution in [0, 0.1) is 17.6 Å². The number of rotatable bonds is 6. The number of primary amides is 1. The Hall–Kier alpha value is -3.34. The molecule has 180 valence electrons. The van der Waals surface area contributed by atoms with Crippen LogP contribution in [0.5, 0.6) is 0 Å². The Morgan fingerprint density at radius 2 is 1.82 bits per heavy atom. The number of halogens is 2. The van der Waals surface area contributed by atoms with Gasteiger partial charge in [-0.2, -0.15) is 4.98 Å². The Morgan fingerprint density at radius 1 is 1.09 bits per heavy atom. The molecule has 2 aliphatic rings. The Morgan fingerprint density at radius 3 is 2.47 bits per heavy atom. The lowest BCUT2D eigenvalue weighted by Gasteiger charge is -2.29. The predicted molar refractivity (Wildman–Crippen MR) is 122 cm³/mol. The van der Waals surface area contributed by atoms with Crippen LogP contribution in [0.15, 0.2) is 24.4 Å². The number of nitrogens with two attached hydrogens (primary N) is 1. The number of carbonyl (C=O) groups excluding carboxylic acids is 1. The lowest BCUT2D eigenvalue weighted by Crippen LogP contribution is -2.29. The number of nitrogens with one attached hydrogen (secondary N) is 2. The molecule has 2 heterocycles. The number of para-hydroxylation sites is 1. The maximum Gasteiger partial charge on any atom is 0.225 e. The van der Waals surface area contributed by atoms with Crippen molar-refractivity contribution in [2.75, 3.05) is 10.6 Å². The van der Waals surface area contributed by atoms with Gasteiger partial charge >= 0.3 is 0 Å². The summed E-state index contributed by atoms with van der Waals surface area (Å²) in [5.41, 5.74) is 6.17. The number of aliphatic hydroxyl groups is 1.